The van der Waals surface area contributed by atoms with Crippen molar-refractivity contribution in [1.82, 2.24) is 9.97 Å². The van der Waals surface area contributed by atoms with Crippen LogP contribution in [0.15, 0.2) is 27.5 Å². The second-order valence-corrected chi connectivity index (χ2v) is 7.72. The zero-order valence-corrected chi connectivity index (χ0v) is 15.6. The van der Waals surface area contributed by atoms with Gasteiger partial charge >= 0.3 is 0 Å². The highest BCUT2D eigenvalue weighted by molar-refractivity contribution is 14.1. The lowest BCUT2D eigenvalue weighted by Gasteiger charge is -2.19. The lowest BCUT2D eigenvalue weighted by atomic mass is 9.92. The van der Waals surface area contributed by atoms with Crippen molar-refractivity contribution in [1.29, 1.82) is 0 Å². The molecule has 2 rings (SSSR count). The smallest absolute Gasteiger partial charge is 0.264 e. The molecule has 0 amide bonds. The Morgan fingerprint density at radius 1 is 1.30 bits per heavy atom. The zero-order valence-electron chi connectivity index (χ0n) is 11.8. The van der Waals surface area contributed by atoms with E-state index in [9.17, 15) is 4.79 Å². The summed E-state index contributed by atoms with van der Waals surface area (Å²) in [6.45, 7) is 8.21. The topological polar surface area (TPSA) is 45.8 Å². The molecule has 5 heteroatoms. The third-order valence-corrected chi connectivity index (χ3v) is 4.87. The van der Waals surface area contributed by atoms with Crippen molar-refractivity contribution < 1.29 is 0 Å². The van der Waals surface area contributed by atoms with Gasteiger partial charge in [-0.05, 0) is 41.1 Å². The van der Waals surface area contributed by atoms with Crippen LogP contribution in [0.1, 0.15) is 32.0 Å². The van der Waals surface area contributed by atoms with Gasteiger partial charge in [0, 0.05) is 15.5 Å². The van der Waals surface area contributed by atoms with Crippen LogP contribution in [-0.4, -0.2) is 9.97 Å². The van der Waals surface area contributed by atoms with Gasteiger partial charge in [-0.2, -0.15) is 0 Å². The predicted octanol–water partition coefficient (Wildman–Crippen LogP) is 4.41. The number of benzene rings is 1. The minimum atomic E-state index is -0.165. The fourth-order valence-corrected chi connectivity index (χ4v) is 3.28. The lowest BCUT2D eigenvalue weighted by Crippen LogP contribution is -2.24. The molecule has 0 bridgehead atoms. The fourth-order valence-electron chi connectivity index (χ4n) is 1.83. The van der Waals surface area contributed by atoms with E-state index >= 15 is 0 Å². The lowest BCUT2D eigenvalue weighted by molar-refractivity contribution is 0.562. The quantitative estimate of drug-likeness (QED) is 0.659. The Kier molecular flexibility index (Phi) is 4.39. The molecule has 106 valence electrons. The molecule has 0 aliphatic carbocycles. The molecular weight excluding hydrogens is 431 g/mol. The second-order valence-electron chi connectivity index (χ2n) is 5.79. The molecule has 1 N–H and O–H groups in total. The monoisotopic (exact) mass is 446 g/mol. The van der Waals surface area contributed by atoms with E-state index < -0.39 is 0 Å². The van der Waals surface area contributed by atoms with Gasteiger partial charge in [-0.15, -0.1) is 0 Å². The van der Waals surface area contributed by atoms with Gasteiger partial charge in [0.1, 0.15) is 9.39 Å². The largest absolute Gasteiger partial charge is 0.306 e. The second kappa shape index (κ2) is 5.60. The summed E-state index contributed by atoms with van der Waals surface area (Å²) in [7, 11) is 0. The molecule has 0 atom stereocenters. The Bertz CT molecular complexity index is 717. The number of rotatable bonds is 1. The van der Waals surface area contributed by atoms with Gasteiger partial charge in [0.05, 0.1) is 5.69 Å². The van der Waals surface area contributed by atoms with Crippen LogP contribution in [0, 0.1) is 10.5 Å². The Balaban J connectivity index is 2.67. The van der Waals surface area contributed by atoms with E-state index in [1.165, 1.54) is 0 Å². The summed E-state index contributed by atoms with van der Waals surface area (Å²) in [5.74, 6) is 0.612. The summed E-state index contributed by atoms with van der Waals surface area (Å²) in [4.78, 5) is 19.6. The van der Waals surface area contributed by atoms with Crippen molar-refractivity contribution in [3.8, 4) is 11.4 Å². The van der Waals surface area contributed by atoms with Crippen molar-refractivity contribution in [2.45, 2.75) is 33.1 Å². The Labute approximate surface area is 140 Å². The van der Waals surface area contributed by atoms with E-state index in [2.05, 4.69) is 69.3 Å². The van der Waals surface area contributed by atoms with Gasteiger partial charge < -0.3 is 4.98 Å². The molecule has 0 unspecified atom stereocenters. The van der Waals surface area contributed by atoms with Crippen molar-refractivity contribution in [3.05, 3.63) is 47.9 Å². The molecule has 3 nitrogen and oxygen atoms in total. The van der Waals surface area contributed by atoms with Crippen molar-refractivity contribution >= 4 is 38.5 Å². The number of nitrogens with zero attached hydrogens (tertiary/aromatic N) is 1. The maximum atomic E-state index is 12.1. The first kappa shape index (κ1) is 15.7. The fraction of sp³-hybridized carbons (Fsp3) is 0.333. The first-order valence-electron chi connectivity index (χ1n) is 6.27. The van der Waals surface area contributed by atoms with E-state index in [4.69, 9.17) is 0 Å². The van der Waals surface area contributed by atoms with E-state index in [1.807, 2.05) is 25.1 Å². The molecule has 0 radical (unpaired) electrons. The summed E-state index contributed by atoms with van der Waals surface area (Å²) in [6, 6.07) is 5.96. The number of hydrogen-bond donors (Lipinski definition) is 1. The number of aromatic amines is 1. The average Bonchev–Trinajstić information content (AvgIpc) is 2.34. The number of hydrogen-bond acceptors (Lipinski definition) is 2. The summed E-state index contributed by atoms with van der Waals surface area (Å²) >= 11 is 5.58. The van der Waals surface area contributed by atoms with Crippen molar-refractivity contribution in [3.63, 3.8) is 0 Å². The first-order chi connectivity index (χ1) is 9.20. The van der Waals surface area contributed by atoms with Gasteiger partial charge in [-0.3, -0.25) is 4.79 Å². The maximum absolute atomic E-state index is 12.1. The molecule has 0 fully saturated rings. The van der Waals surface area contributed by atoms with Gasteiger partial charge in [0.15, 0.2) is 0 Å². The van der Waals surface area contributed by atoms with Crippen LogP contribution in [0.3, 0.4) is 0 Å². The number of halogens is 2. The Morgan fingerprint density at radius 2 is 1.95 bits per heavy atom. The SMILES string of the molecule is Cc1ccc(-c2nc(C(C)(C)C)c(I)c(=O)[nH]2)cc1Br. The maximum Gasteiger partial charge on any atom is 0.264 e. The molecule has 2 aromatic rings. The van der Waals surface area contributed by atoms with Crippen LogP contribution in [0.4, 0.5) is 0 Å². The Morgan fingerprint density at radius 3 is 2.50 bits per heavy atom. The number of nitrogens with one attached hydrogen (secondary N) is 1. The van der Waals surface area contributed by atoms with Crippen LogP contribution < -0.4 is 5.56 Å². The van der Waals surface area contributed by atoms with Gasteiger partial charge in [0.25, 0.3) is 5.56 Å². The normalized spacial score (nSPS) is 11.7. The molecule has 0 spiro atoms. The molecule has 0 aliphatic heterocycles. The summed E-state index contributed by atoms with van der Waals surface area (Å²) in [5, 5.41) is 0. The average molecular weight is 447 g/mol. The van der Waals surface area contributed by atoms with Crippen LogP contribution >= 0.6 is 38.5 Å². The summed E-state index contributed by atoms with van der Waals surface area (Å²) in [5.41, 5.74) is 2.63. The highest BCUT2D eigenvalue weighted by Gasteiger charge is 2.22. The molecule has 1 aromatic carbocycles. The molecule has 0 saturated carbocycles. The van der Waals surface area contributed by atoms with Crippen LogP contribution in [0.25, 0.3) is 11.4 Å². The molecule has 0 saturated heterocycles. The minimum Gasteiger partial charge on any atom is -0.306 e. The highest BCUT2D eigenvalue weighted by atomic mass is 127. The van der Waals surface area contributed by atoms with Gasteiger partial charge in [0.2, 0.25) is 0 Å². The predicted molar refractivity (Wildman–Crippen MR) is 94.1 cm³/mol. The number of H-pyrrole nitrogens is 1. The van der Waals surface area contributed by atoms with Gasteiger partial charge in [-0.1, -0.05) is 48.8 Å². The number of aromatic nitrogens is 2. The zero-order chi connectivity index (χ0) is 15.1. The Hall–Kier alpha value is -0.690. The number of aryl methyl sites for hydroxylation is 1. The summed E-state index contributed by atoms with van der Waals surface area (Å²) < 4.78 is 1.67. The molecular formula is C15H16BrIN2O. The van der Waals surface area contributed by atoms with Crippen molar-refractivity contribution in [2.24, 2.45) is 0 Å². The van der Waals surface area contributed by atoms with Crippen LogP contribution in [-0.2, 0) is 5.41 Å². The first-order valence-corrected chi connectivity index (χ1v) is 8.14. The van der Waals surface area contributed by atoms with E-state index in [0.717, 1.165) is 21.3 Å². The van der Waals surface area contributed by atoms with Crippen molar-refractivity contribution in [2.75, 3.05) is 0 Å². The van der Waals surface area contributed by atoms with Crippen LogP contribution in [0.2, 0.25) is 0 Å². The molecule has 20 heavy (non-hydrogen) atoms. The third kappa shape index (κ3) is 3.14. The van der Waals surface area contributed by atoms with E-state index in [-0.39, 0.29) is 11.0 Å². The third-order valence-electron chi connectivity index (χ3n) is 3.02. The minimum absolute atomic E-state index is 0.0859. The molecule has 1 heterocycles. The van der Waals surface area contributed by atoms with E-state index in [0.29, 0.717) is 9.39 Å². The molecule has 1 aromatic heterocycles. The standard InChI is InChI=1S/C15H16BrIN2O/c1-8-5-6-9(7-10(8)16)13-18-12(15(2,3)4)11(17)14(20)19-13/h5-7H,1-4H3,(H,18,19,20). The van der Waals surface area contributed by atoms with Crippen LogP contribution in [0.5, 0.6) is 0 Å². The van der Waals surface area contributed by atoms with Gasteiger partial charge in [-0.25, -0.2) is 4.98 Å². The summed E-state index contributed by atoms with van der Waals surface area (Å²) in [6.07, 6.45) is 0. The molecule has 0 aliphatic rings. The van der Waals surface area contributed by atoms with E-state index in [1.54, 1.807) is 0 Å². The highest BCUT2D eigenvalue weighted by Crippen LogP contribution is 2.27.